The van der Waals surface area contributed by atoms with Crippen LogP contribution in [0.25, 0.3) is 5.69 Å². The molecule has 0 saturated heterocycles. The lowest BCUT2D eigenvalue weighted by molar-refractivity contribution is 0.0972. The van der Waals surface area contributed by atoms with E-state index in [0.29, 0.717) is 6.42 Å². The second-order valence-corrected chi connectivity index (χ2v) is 4.05. The van der Waals surface area contributed by atoms with Gasteiger partial charge in [-0.25, -0.2) is 4.68 Å². The van der Waals surface area contributed by atoms with Gasteiger partial charge in [-0.2, -0.15) is 5.10 Å². The molecule has 16 heavy (non-hydrogen) atoms. The molecule has 0 spiro atoms. The monoisotopic (exact) mass is 212 g/mol. The van der Waals surface area contributed by atoms with Crippen molar-refractivity contribution < 1.29 is 4.79 Å². The van der Waals surface area contributed by atoms with Gasteiger partial charge >= 0.3 is 0 Å². The molecule has 1 aromatic carbocycles. The van der Waals surface area contributed by atoms with Crippen LogP contribution in [0.2, 0.25) is 0 Å². The number of aryl methyl sites for hydroxylation is 1. The first-order valence-electron chi connectivity index (χ1n) is 5.52. The maximum Gasteiger partial charge on any atom is 0.166 e. The second kappa shape index (κ2) is 3.59. The lowest BCUT2D eigenvalue weighted by Crippen LogP contribution is -2.08. The van der Waals surface area contributed by atoms with Gasteiger partial charge in [0.15, 0.2) is 5.78 Å². The quantitative estimate of drug-likeness (QED) is 0.727. The molecule has 3 heteroatoms. The van der Waals surface area contributed by atoms with E-state index in [9.17, 15) is 4.79 Å². The summed E-state index contributed by atoms with van der Waals surface area (Å²) in [6.07, 6.45) is 4.36. The maximum absolute atomic E-state index is 11.7. The van der Waals surface area contributed by atoms with Gasteiger partial charge in [-0.15, -0.1) is 0 Å². The van der Waals surface area contributed by atoms with Crippen LogP contribution < -0.4 is 0 Å². The van der Waals surface area contributed by atoms with E-state index < -0.39 is 0 Å². The number of ketones is 1. The molecule has 3 nitrogen and oxygen atoms in total. The number of fused-ring (bicyclic) bond motifs is 1. The van der Waals surface area contributed by atoms with Crippen LogP contribution >= 0.6 is 0 Å². The Hall–Kier alpha value is -1.90. The van der Waals surface area contributed by atoms with Crippen LogP contribution in [-0.2, 0) is 6.42 Å². The van der Waals surface area contributed by atoms with Crippen molar-refractivity contribution in [3.8, 4) is 5.69 Å². The molecule has 1 heterocycles. The third kappa shape index (κ3) is 1.45. The fraction of sp³-hybridized carbons (Fsp3) is 0.231. The zero-order valence-electron chi connectivity index (χ0n) is 8.89. The number of Topliss-reactive ketones (excluding diaryl/α,β-unsaturated/α-hetero) is 1. The van der Waals surface area contributed by atoms with Gasteiger partial charge in [0.25, 0.3) is 0 Å². The second-order valence-electron chi connectivity index (χ2n) is 4.05. The summed E-state index contributed by atoms with van der Waals surface area (Å²) in [5.41, 5.74) is 2.75. The minimum atomic E-state index is 0.225. The number of benzene rings is 1. The van der Waals surface area contributed by atoms with Crippen molar-refractivity contribution in [1.29, 1.82) is 0 Å². The summed E-state index contributed by atoms with van der Waals surface area (Å²) >= 11 is 0. The van der Waals surface area contributed by atoms with Crippen molar-refractivity contribution in [2.45, 2.75) is 19.3 Å². The van der Waals surface area contributed by atoms with Crippen molar-refractivity contribution in [3.05, 3.63) is 47.8 Å². The Labute approximate surface area is 93.7 Å². The first-order valence-corrected chi connectivity index (χ1v) is 5.52. The number of nitrogens with zero attached hydrogens (tertiary/aromatic N) is 2. The van der Waals surface area contributed by atoms with Crippen molar-refractivity contribution in [3.63, 3.8) is 0 Å². The normalized spacial score (nSPS) is 14.9. The third-order valence-corrected chi connectivity index (χ3v) is 2.93. The Bertz CT molecular complexity index is 528. The Balaban J connectivity index is 2.08. The summed E-state index contributed by atoms with van der Waals surface area (Å²) in [7, 11) is 0. The predicted octanol–water partition coefficient (Wildman–Crippen LogP) is 2.39. The van der Waals surface area contributed by atoms with Crippen molar-refractivity contribution in [2.75, 3.05) is 0 Å². The SMILES string of the molecule is O=C1CCCc2nn(-c3ccccc3)cc21. The summed E-state index contributed by atoms with van der Waals surface area (Å²) in [5, 5.41) is 4.47. The van der Waals surface area contributed by atoms with Crippen LogP contribution in [0.4, 0.5) is 0 Å². The van der Waals surface area contributed by atoms with E-state index in [-0.39, 0.29) is 5.78 Å². The molecule has 0 radical (unpaired) electrons. The Morgan fingerprint density at radius 1 is 1.12 bits per heavy atom. The standard InChI is InChI=1S/C13H12N2O/c16-13-8-4-7-12-11(13)9-15(14-12)10-5-2-1-3-6-10/h1-3,5-6,9H,4,7-8H2. The summed E-state index contributed by atoms with van der Waals surface area (Å²) in [6, 6.07) is 9.89. The zero-order chi connectivity index (χ0) is 11.0. The Morgan fingerprint density at radius 2 is 1.94 bits per heavy atom. The molecule has 0 unspecified atom stereocenters. The van der Waals surface area contributed by atoms with Gasteiger partial charge < -0.3 is 0 Å². The van der Waals surface area contributed by atoms with Crippen molar-refractivity contribution in [2.24, 2.45) is 0 Å². The molecule has 0 bridgehead atoms. The number of para-hydroxylation sites is 1. The minimum Gasteiger partial charge on any atom is -0.294 e. The Kier molecular flexibility index (Phi) is 2.10. The van der Waals surface area contributed by atoms with Crippen LogP contribution in [0.15, 0.2) is 36.5 Å². The fourth-order valence-electron chi connectivity index (χ4n) is 2.09. The van der Waals surface area contributed by atoms with E-state index in [0.717, 1.165) is 29.8 Å². The molecule has 0 atom stereocenters. The van der Waals surface area contributed by atoms with E-state index in [4.69, 9.17) is 0 Å². The van der Waals surface area contributed by atoms with Gasteiger partial charge in [0.1, 0.15) is 0 Å². The van der Waals surface area contributed by atoms with Gasteiger partial charge in [0, 0.05) is 12.6 Å². The molecule has 1 aromatic heterocycles. The summed E-state index contributed by atoms with van der Waals surface area (Å²) in [4.78, 5) is 11.7. The smallest absolute Gasteiger partial charge is 0.166 e. The largest absolute Gasteiger partial charge is 0.294 e. The maximum atomic E-state index is 11.7. The molecule has 80 valence electrons. The summed E-state index contributed by atoms with van der Waals surface area (Å²) in [6.45, 7) is 0. The number of carbonyl (C=O) groups is 1. The van der Waals surface area contributed by atoms with E-state index in [1.807, 2.05) is 36.5 Å². The van der Waals surface area contributed by atoms with Crippen LogP contribution in [-0.4, -0.2) is 15.6 Å². The molecule has 0 amide bonds. The summed E-state index contributed by atoms with van der Waals surface area (Å²) < 4.78 is 1.80. The Morgan fingerprint density at radius 3 is 2.69 bits per heavy atom. The van der Waals surface area contributed by atoms with Crippen LogP contribution in [0, 0.1) is 0 Å². The number of carbonyl (C=O) groups excluding carboxylic acids is 1. The number of aromatic nitrogens is 2. The highest BCUT2D eigenvalue weighted by molar-refractivity contribution is 5.97. The van der Waals surface area contributed by atoms with Crippen molar-refractivity contribution in [1.82, 2.24) is 9.78 Å². The fourth-order valence-corrected chi connectivity index (χ4v) is 2.09. The number of hydrogen-bond donors (Lipinski definition) is 0. The van der Waals surface area contributed by atoms with Gasteiger partial charge in [-0.1, -0.05) is 18.2 Å². The molecular weight excluding hydrogens is 200 g/mol. The molecule has 0 N–H and O–H groups in total. The number of hydrogen-bond acceptors (Lipinski definition) is 2. The topological polar surface area (TPSA) is 34.9 Å². The van der Waals surface area contributed by atoms with Gasteiger partial charge in [0.05, 0.1) is 16.9 Å². The first-order chi connectivity index (χ1) is 7.84. The summed E-state index contributed by atoms with van der Waals surface area (Å²) in [5.74, 6) is 0.225. The lowest BCUT2D eigenvalue weighted by Gasteiger charge is -2.06. The van der Waals surface area contributed by atoms with E-state index in [1.165, 1.54) is 0 Å². The molecule has 0 aliphatic heterocycles. The zero-order valence-corrected chi connectivity index (χ0v) is 8.89. The van der Waals surface area contributed by atoms with E-state index in [2.05, 4.69) is 5.10 Å². The van der Waals surface area contributed by atoms with Crippen LogP contribution in [0.5, 0.6) is 0 Å². The molecule has 2 aromatic rings. The predicted molar refractivity (Wildman–Crippen MR) is 60.8 cm³/mol. The first kappa shape index (κ1) is 9.33. The van der Waals surface area contributed by atoms with Crippen LogP contribution in [0.1, 0.15) is 28.9 Å². The lowest BCUT2D eigenvalue weighted by atomic mass is 9.97. The van der Waals surface area contributed by atoms with Gasteiger partial charge in [0.2, 0.25) is 0 Å². The molecule has 3 rings (SSSR count). The molecule has 1 aliphatic carbocycles. The van der Waals surface area contributed by atoms with E-state index >= 15 is 0 Å². The highest BCUT2D eigenvalue weighted by Crippen LogP contribution is 2.21. The average Bonchev–Trinajstić information content (AvgIpc) is 2.76. The molecule has 0 saturated carbocycles. The van der Waals surface area contributed by atoms with Crippen molar-refractivity contribution >= 4 is 5.78 Å². The molecule has 1 aliphatic rings. The van der Waals surface area contributed by atoms with Crippen LogP contribution in [0.3, 0.4) is 0 Å². The van der Waals surface area contributed by atoms with E-state index in [1.54, 1.807) is 4.68 Å². The van der Waals surface area contributed by atoms with Gasteiger partial charge in [-0.3, -0.25) is 4.79 Å². The minimum absolute atomic E-state index is 0.225. The third-order valence-electron chi connectivity index (χ3n) is 2.93. The molecule has 0 fully saturated rings. The molecular formula is C13H12N2O. The average molecular weight is 212 g/mol. The van der Waals surface area contributed by atoms with Gasteiger partial charge in [-0.05, 0) is 25.0 Å². The highest BCUT2D eigenvalue weighted by atomic mass is 16.1. The number of rotatable bonds is 1. The highest BCUT2D eigenvalue weighted by Gasteiger charge is 2.20.